The Morgan fingerprint density at radius 1 is 1.47 bits per heavy atom. The standard InChI is InChI=1S/C11H12BrFO2/c1-7-3-8(5-10(14)15-2)11(13)9(4-7)6-12/h3-4H,5-6H2,1-2H3. The Labute approximate surface area is 96.6 Å². The summed E-state index contributed by atoms with van der Waals surface area (Å²) in [7, 11) is 1.29. The molecule has 0 atom stereocenters. The molecule has 0 saturated carbocycles. The summed E-state index contributed by atoms with van der Waals surface area (Å²) in [6.45, 7) is 1.87. The monoisotopic (exact) mass is 274 g/mol. The van der Waals surface area contributed by atoms with Crippen LogP contribution in [0, 0.1) is 12.7 Å². The summed E-state index contributed by atoms with van der Waals surface area (Å²) in [5.74, 6) is -0.761. The minimum Gasteiger partial charge on any atom is -0.469 e. The van der Waals surface area contributed by atoms with Crippen molar-refractivity contribution in [2.75, 3.05) is 7.11 Å². The zero-order valence-corrected chi connectivity index (χ0v) is 10.2. The van der Waals surface area contributed by atoms with Crippen LogP contribution < -0.4 is 0 Å². The number of esters is 1. The van der Waals surface area contributed by atoms with E-state index in [9.17, 15) is 9.18 Å². The van der Waals surface area contributed by atoms with E-state index in [1.807, 2.05) is 6.92 Å². The SMILES string of the molecule is COC(=O)Cc1cc(C)cc(CBr)c1F. The molecule has 0 radical (unpaired) electrons. The molecule has 1 aromatic rings. The summed E-state index contributed by atoms with van der Waals surface area (Å²) in [6.07, 6.45) is -0.0238. The van der Waals surface area contributed by atoms with Crippen molar-refractivity contribution in [2.24, 2.45) is 0 Å². The number of halogens is 2. The quantitative estimate of drug-likeness (QED) is 0.626. The van der Waals surface area contributed by atoms with Crippen LogP contribution in [0.1, 0.15) is 16.7 Å². The molecule has 4 heteroatoms. The van der Waals surface area contributed by atoms with E-state index in [-0.39, 0.29) is 12.2 Å². The zero-order chi connectivity index (χ0) is 11.4. The lowest BCUT2D eigenvalue weighted by Crippen LogP contribution is -2.07. The van der Waals surface area contributed by atoms with Crippen LogP contribution in [0.4, 0.5) is 4.39 Å². The summed E-state index contributed by atoms with van der Waals surface area (Å²) < 4.78 is 18.2. The van der Waals surface area contributed by atoms with Gasteiger partial charge in [0.05, 0.1) is 13.5 Å². The molecule has 15 heavy (non-hydrogen) atoms. The van der Waals surface area contributed by atoms with Crippen LogP contribution in [0.15, 0.2) is 12.1 Å². The van der Waals surface area contributed by atoms with Gasteiger partial charge >= 0.3 is 5.97 Å². The summed E-state index contributed by atoms with van der Waals surface area (Å²) >= 11 is 3.20. The number of methoxy groups -OCH3 is 1. The molecule has 2 nitrogen and oxygen atoms in total. The lowest BCUT2D eigenvalue weighted by molar-refractivity contribution is -0.139. The molecule has 1 rings (SSSR count). The molecule has 0 bridgehead atoms. The number of hydrogen-bond donors (Lipinski definition) is 0. The van der Waals surface area contributed by atoms with Gasteiger partial charge in [-0.3, -0.25) is 4.79 Å². The molecule has 0 aliphatic heterocycles. The Morgan fingerprint density at radius 3 is 2.60 bits per heavy atom. The van der Waals surface area contributed by atoms with Gasteiger partial charge in [-0.2, -0.15) is 0 Å². The zero-order valence-electron chi connectivity index (χ0n) is 8.64. The van der Waals surface area contributed by atoms with Crippen molar-refractivity contribution in [1.29, 1.82) is 0 Å². The van der Waals surface area contributed by atoms with Gasteiger partial charge in [-0.25, -0.2) is 4.39 Å². The number of aryl methyl sites for hydroxylation is 1. The number of hydrogen-bond acceptors (Lipinski definition) is 2. The van der Waals surface area contributed by atoms with Crippen LogP contribution >= 0.6 is 15.9 Å². The molecule has 0 unspecified atom stereocenters. The highest BCUT2D eigenvalue weighted by Crippen LogP contribution is 2.19. The number of benzene rings is 1. The highest BCUT2D eigenvalue weighted by Gasteiger charge is 2.12. The fourth-order valence-corrected chi connectivity index (χ4v) is 1.79. The van der Waals surface area contributed by atoms with Crippen molar-refractivity contribution in [2.45, 2.75) is 18.7 Å². The van der Waals surface area contributed by atoms with Crippen LogP contribution in [0.5, 0.6) is 0 Å². The molecule has 0 saturated heterocycles. The first kappa shape index (κ1) is 12.2. The van der Waals surface area contributed by atoms with Crippen molar-refractivity contribution >= 4 is 21.9 Å². The molecule has 0 spiro atoms. The van der Waals surface area contributed by atoms with Crippen molar-refractivity contribution in [1.82, 2.24) is 0 Å². The highest BCUT2D eigenvalue weighted by atomic mass is 79.9. The van der Waals surface area contributed by atoms with E-state index < -0.39 is 5.97 Å². The van der Waals surface area contributed by atoms with Crippen LogP contribution in [-0.2, 0) is 21.3 Å². The third-order valence-electron chi connectivity index (χ3n) is 2.07. The first-order valence-corrected chi connectivity index (χ1v) is 5.61. The normalized spacial score (nSPS) is 10.1. The van der Waals surface area contributed by atoms with Gasteiger partial charge in [0.1, 0.15) is 5.82 Å². The smallest absolute Gasteiger partial charge is 0.310 e. The van der Waals surface area contributed by atoms with E-state index in [0.29, 0.717) is 16.5 Å². The third kappa shape index (κ3) is 3.02. The number of ether oxygens (including phenoxy) is 1. The van der Waals surface area contributed by atoms with Gasteiger partial charge in [0, 0.05) is 5.33 Å². The van der Waals surface area contributed by atoms with Crippen molar-refractivity contribution in [3.8, 4) is 0 Å². The highest BCUT2D eigenvalue weighted by molar-refractivity contribution is 9.08. The van der Waals surface area contributed by atoms with Gasteiger partial charge in [-0.1, -0.05) is 33.6 Å². The van der Waals surface area contributed by atoms with E-state index in [2.05, 4.69) is 20.7 Å². The van der Waals surface area contributed by atoms with Gasteiger partial charge in [-0.15, -0.1) is 0 Å². The second-order valence-corrected chi connectivity index (χ2v) is 3.84. The molecule has 0 fully saturated rings. The Morgan fingerprint density at radius 2 is 2.07 bits per heavy atom. The molecule has 0 aliphatic carbocycles. The molecule has 0 heterocycles. The van der Waals surface area contributed by atoms with Gasteiger partial charge in [-0.05, 0) is 18.1 Å². The van der Waals surface area contributed by atoms with E-state index in [0.717, 1.165) is 5.56 Å². The van der Waals surface area contributed by atoms with Crippen molar-refractivity contribution < 1.29 is 13.9 Å². The maximum atomic E-state index is 13.7. The molecule has 0 aromatic heterocycles. The fraction of sp³-hybridized carbons (Fsp3) is 0.364. The number of carbonyl (C=O) groups is 1. The topological polar surface area (TPSA) is 26.3 Å². The number of alkyl halides is 1. The largest absolute Gasteiger partial charge is 0.469 e. The van der Waals surface area contributed by atoms with Gasteiger partial charge < -0.3 is 4.74 Å². The maximum Gasteiger partial charge on any atom is 0.310 e. The predicted octanol–water partition coefficient (Wildman–Crippen LogP) is 2.74. The maximum absolute atomic E-state index is 13.7. The van der Waals surface area contributed by atoms with Crippen molar-refractivity contribution in [3.63, 3.8) is 0 Å². The van der Waals surface area contributed by atoms with E-state index in [1.54, 1.807) is 12.1 Å². The molecular formula is C11H12BrFO2. The van der Waals surface area contributed by atoms with Gasteiger partial charge in [0.15, 0.2) is 0 Å². The average molecular weight is 275 g/mol. The number of carbonyl (C=O) groups excluding carboxylic acids is 1. The second-order valence-electron chi connectivity index (χ2n) is 3.28. The van der Waals surface area contributed by atoms with E-state index in [4.69, 9.17) is 0 Å². The number of rotatable bonds is 3. The second kappa shape index (κ2) is 5.26. The Bertz CT molecular complexity index is 377. The molecule has 0 N–H and O–H groups in total. The van der Waals surface area contributed by atoms with Gasteiger partial charge in [0.2, 0.25) is 0 Å². The predicted molar refractivity (Wildman–Crippen MR) is 59.5 cm³/mol. The Balaban J connectivity index is 3.06. The Hall–Kier alpha value is -0.900. The van der Waals surface area contributed by atoms with Crippen LogP contribution in [0.25, 0.3) is 0 Å². The average Bonchev–Trinajstić information content (AvgIpc) is 2.22. The lowest BCUT2D eigenvalue weighted by Gasteiger charge is -2.07. The first-order chi connectivity index (χ1) is 7.08. The minimum absolute atomic E-state index is 0.0238. The first-order valence-electron chi connectivity index (χ1n) is 4.49. The molecule has 82 valence electrons. The lowest BCUT2D eigenvalue weighted by atomic mass is 10.0. The fourth-order valence-electron chi connectivity index (χ4n) is 1.38. The molecule has 1 aromatic carbocycles. The summed E-state index contributed by atoms with van der Waals surface area (Å²) in [4.78, 5) is 11.0. The molecule has 0 amide bonds. The molecule has 0 aliphatic rings. The van der Waals surface area contributed by atoms with E-state index >= 15 is 0 Å². The summed E-state index contributed by atoms with van der Waals surface area (Å²) in [5, 5.41) is 0.439. The van der Waals surface area contributed by atoms with Crippen LogP contribution in [0.2, 0.25) is 0 Å². The molecular weight excluding hydrogens is 263 g/mol. The Kier molecular flexibility index (Phi) is 4.27. The van der Waals surface area contributed by atoms with Crippen molar-refractivity contribution in [3.05, 3.63) is 34.6 Å². The third-order valence-corrected chi connectivity index (χ3v) is 2.68. The van der Waals surface area contributed by atoms with Crippen LogP contribution in [0.3, 0.4) is 0 Å². The van der Waals surface area contributed by atoms with Gasteiger partial charge in [0.25, 0.3) is 0 Å². The summed E-state index contributed by atoms with van der Waals surface area (Å²) in [5.41, 5.74) is 1.88. The summed E-state index contributed by atoms with van der Waals surface area (Å²) in [6, 6.07) is 3.42. The van der Waals surface area contributed by atoms with E-state index in [1.165, 1.54) is 7.11 Å². The van der Waals surface area contributed by atoms with Crippen LogP contribution in [-0.4, -0.2) is 13.1 Å². The minimum atomic E-state index is -0.431.